The first-order valence-electron chi connectivity index (χ1n) is 10.6. The van der Waals surface area contributed by atoms with Crippen LogP contribution >= 0.6 is 12.4 Å². The van der Waals surface area contributed by atoms with Crippen LogP contribution in [-0.2, 0) is 23.9 Å². The van der Waals surface area contributed by atoms with Gasteiger partial charge in [0.25, 0.3) is 0 Å². The summed E-state index contributed by atoms with van der Waals surface area (Å²) in [6.07, 6.45) is 6.28. The summed E-state index contributed by atoms with van der Waals surface area (Å²) in [5.74, 6) is -1.92. The Kier molecular flexibility index (Phi) is 19.2. The Labute approximate surface area is 181 Å². The minimum Gasteiger partial charge on any atom is -0.481 e. The van der Waals surface area contributed by atoms with E-state index in [1.54, 1.807) is 0 Å². The zero-order valence-electron chi connectivity index (χ0n) is 18.4. The molecule has 0 radical (unpaired) electrons. The Morgan fingerprint density at radius 2 is 1.48 bits per heavy atom. The third kappa shape index (κ3) is 15.2. The molecule has 0 spiro atoms. The first-order chi connectivity index (χ1) is 13.3. The molecule has 172 valence electrons. The molecule has 0 aliphatic rings. The largest absolute Gasteiger partial charge is 0.481 e. The van der Waals surface area contributed by atoms with Gasteiger partial charge in [-0.05, 0) is 45.6 Å². The molecular formula is C21H40ClNO6. The maximum atomic E-state index is 12.0. The van der Waals surface area contributed by atoms with E-state index < -0.39 is 11.9 Å². The van der Waals surface area contributed by atoms with E-state index in [-0.39, 0.29) is 49.5 Å². The van der Waals surface area contributed by atoms with Gasteiger partial charge in [-0.3, -0.25) is 14.4 Å². The van der Waals surface area contributed by atoms with E-state index in [2.05, 4.69) is 5.32 Å². The summed E-state index contributed by atoms with van der Waals surface area (Å²) in [5, 5.41) is 12.4. The molecule has 0 aromatic carbocycles. The molecule has 8 heteroatoms. The Morgan fingerprint density at radius 3 is 2.00 bits per heavy atom. The first-order valence-corrected chi connectivity index (χ1v) is 10.6. The molecule has 2 atom stereocenters. The van der Waals surface area contributed by atoms with Crippen LogP contribution in [0.25, 0.3) is 0 Å². The van der Waals surface area contributed by atoms with E-state index in [9.17, 15) is 19.5 Å². The number of carboxylic acids is 1. The summed E-state index contributed by atoms with van der Waals surface area (Å²) in [5.41, 5.74) is 0. The van der Waals surface area contributed by atoms with Crippen LogP contribution in [0.4, 0.5) is 0 Å². The second kappa shape index (κ2) is 18.7. The average molecular weight is 438 g/mol. The predicted molar refractivity (Wildman–Crippen MR) is 115 cm³/mol. The van der Waals surface area contributed by atoms with Gasteiger partial charge in [-0.1, -0.05) is 40.0 Å². The van der Waals surface area contributed by atoms with Gasteiger partial charge in [-0.15, -0.1) is 12.4 Å². The zero-order valence-corrected chi connectivity index (χ0v) is 19.2. The number of rotatable bonds is 17. The number of hydrogen-bond donors (Lipinski definition) is 2. The highest BCUT2D eigenvalue weighted by atomic mass is 35.5. The SMILES string of the molecule is CCCC(CC(C)NCCCC(=O)OCOC(=O)C(CCC)CCC)C(=O)O.Cl. The van der Waals surface area contributed by atoms with Crippen LogP contribution in [0.15, 0.2) is 0 Å². The van der Waals surface area contributed by atoms with Gasteiger partial charge in [0, 0.05) is 12.5 Å². The van der Waals surface area contributed by atoms with Crippen LogP contribution in [0.1, 0.15) is 85.5 Å². The van der Waals surface area contributed by atoms with Crippen molar-refractivity contribution in [2.45, 2.75) is 91.5 Å². The molecular weight excluding hydrogens is 398 g/mol. The average Bonchev–Trinajstić information content (AvgIpc) is 2.64. The van der Waals surface area contributed by atoms with Gasteiger partial charge in [0.1, 0.15) is 0 Å². The van der Waals surface area contributed by atoms with E-state index in [1.165, 1.54) is 0 Å². The number of halogens is 1. The van der Waals surface area contributed by atoms with Gasteiger partial charge in [-0.25, -0.2) is 0 Å². The van der Waals surface area contributed by atoms with Gasteiger partial charge >= 0.3 is 17.9 Å². The summed E-state index contributed by atoms with van der Waals surface area (Å²) in [6.45, 7) is 8.25. The Bertz CT molecular complexity index is 454. The lowest BCUT2D eigenvalue weighted by Crippen LogP contribution is -2.31. The molecule has 2 unspecified atom stereocenters. The highest BCUT2D eigenvalue weighted by Crippen LogP contribution is 2.15. The van der Waals surface area contributed by atoms with Crippen molar-refractivity contribution in [3.63, 3.8) is 0 Å². The van der Waals surface area contributed by atoms with Crippen molar-refractivity contribution in [3.05, 3.63) is 0 Å². The third-order valence-corrected chi connectivity index (χ3v) is 4.70. The van der Waals surface area contributed by atoms with Crippen LogP contribution in [0.5, 0.6) is 0 Å². The number of hydrogen-bond acceptors (Lipinski definition) is 6. The van der Waals surface area contributed by atoms with E-state index in [0.717, 1.165) is 32.1 Å². The molecule has 0 aromatic rings. The van der Waals surface area contributed by atoms with Crippen molar-refractivity contribution in [2.24, 2.45) is 11.8 Å². The maximum Gasteiger partial charge on any atom is 0.311 e. The topological polar surface area (TPSA) is 102 Å². The van der Waals surface area contributed by atoms with Crippen LogP contribution in [0.2, 0.25) is 0 Å². The van der Waals surface area contributed by atoms with Crippen LogP contribution < -0.4 is 5.32 Å². The third-order valence-electron chi connectivity index (χ3n) is 4.70. The number of carbonyl (C=O) groups excluding carboxylic acids is 2. The van der Waals surface area contributed by atoms with E-state index in [1.807, 2.05) is 27.7 Å². The minimum absolute atomic E-state index is 0. The molecule has 0 fully saturated rings. The van der Waals surface area contributed by atoms with Crippen molar-refractivity contribution < 1.29 is 29.0 Å². The highest BCUT2D eigenvalue weighted by Gasteiger charge is 2.20. The second-order valence-electron chi connectivity index (χ2n) is 7.39. The monoisotopic (exact) mass is 437 g/mol. The quantitative estimate of drug-likeness (QED) is 0.198. The molecule has 2 N–H and O–H groups in total. The maximum absolute atomic E-state index is 12.0. The lowest BCUT2D eigenvalue weighted by molar-refractivity contribution is -0.170. The zero-order chi connectivity index (χ0) is 21.4. The summed E-state index contributed by atoms with van der Waals surface area (Å²) in [7, 11) is 0. The van der Waals surface area contributed by atoms with Crippen molar-refractivity contribution >= 4 is 30.3 Å². The fourth-order valence-corrected chi connectivity index (χ4v) is 3.20. The number of carbonyl (C=O) groups is 3. The molecule has 0 aliphatic heterocycles. The summed E-state index contributed by atoms with van der Waals surface area (Å²) >= 11 is 0. The van der Waals surface area contributed by atoms with Crippen LogP contribution in [0.3, 0.4) is 0 Å². The Morgan fingerprint density at radius 1 is 0.931 bits per heavy atom. The predicted octanol–water partition coefficient (Wildman–Crippen LogP) is 4.32. The molecule has 0 saturated heterocycles. The van der Waals surface area contributed by atoms with E-state index >= 15 is 0 Å². The number of aliphatic carboxylic acids is 1. The van der Waals surface area contributed by atoms with Crippen molar-refractivity contribution in [3.8, 4) is 0 Å². The number of nitrogens with one attached hydrogen (secondary N) is 1. The molecule has 0 rings (SSSR count). The summed E-state index contributed by atoms with van der Waals surface area (Å²) < 4.78 is 10.0. The number of esters is 2. The first kappa shape index (κ1) is 29.9. The molecule has 0 aromatic heterocycles. The molecule has 0 amide bonds. The lowest BCUT2D eigenvalue weighted by Gasteiger charge is -2.18. The molecule has 0 aliphatic carbocycles. The van der Waals surface area contributed by atoms with Crippen molar-refractivity contribution in [2.75, 3.05) is 13.3 Å². The summed E-state index contributed by atoms with van der Waals surface area (Å²) in [4.78, 5) is 34.9. The van der Waals surface area contributed by atoms with Gasteiger partial charge in [0.15, 0.2) is 0 Å². The normalized spacial score (nSPS) is 12.7. The number of ether oxygens (including phenoxy) is 2. The van der Waals surface area contributed by atoms with Gasteiger partial charge < -0.3 is 19.9 Å². The summed E-state index contributed by atoms with van der Waals surface area (Å²) in [6, 6.07) is 0.0682. The fourth-order valence-electron chi connectivity index (χ4n) is 3.20. The highest BCUT2D eigenvalue weighted by molar-refractivity contribution is 5.85. The van der Waals surface area contributed by atoms with E-state index in [4.69, 9.17) is 9.47 Å². The van der Waals surface area contributed by atoms with Crippen LogP contribution in [0, 0.1) is 11.8 Å². The Balaban J connectivity index is 0. The van der Waals surface area contributed by atoms with Crippen molar-refractivity contribution in [1.82, 2.24) is 5.32 Å². The van der Waals surface area contributed by atoms with Gasteiger partial charge in [-0.2, -0.15) is 0 Å². The molecule has 0 heterocycles. The fraction of sp³-hybridized carbons (Fsp3) is 0.857. The lowest BCUT2D eigenvalue weighted by atomic mass is 9.96. The van der Waals surface area contributed by atoms with E-state index in [0.29, 0.717) is 25.8 Å². The molecule has 7 nitrogen and oxygen atoms in total. The molecule has 0 saturated carbocycles. The van der Waals surface area contributed by atoms with Gasteiger partial charge in [0.05, 0.1) is 11.8 Å². The van der Waals surface area contributed by atoms with Crippen LogP contribution in [-0.4, -0.2) is 42.4 Å². The minimum atomic E-state index is -0.756. The van der Waals surface area contributed by atoms with Crippen molar-refractivity contribution in [1.29, 1.82) is 0 Å². The van der Waals surface area contributed by atoms with Gasteiger partial charge in [0.2, 0.25) is 6.79 Å². The molecule has 0 bridgehead atoms. The smallest absolute Gasteiger partial charge is 0.311 e. The standard InChI is InChI=1S/C21H39NO6.ClH/c1-5-9-17(10-6-2)21(26)28-15-27-19(23)12-8-13-22-16(4)14-18(11-7-3)20(24)25;/h16-18,22H,5-15H2,1-4H3,(H,24,25);1H. The Hall–Kier alpha value is -1.34. The second-order valence-corrected chi connectivity index (χ2v) is 7.39. The number of carboxylic acid groups (broad SMARTS) is 1. The molecule has 29 heavy (non-hydrogen) atoms.